The number of carbonyl (C=O) groups is 1. The molecule has 3 heterocycles. The predicted molar refractivity (Wildman–Crippen MR) is 101 cm³/mol. The largest absolute Gasteiger partial charge is 0.308 e. The lowest BCUT2D eigenvalue weighted by Crippen LogP contribution is -2.37. The van der Waals surface area contributed by atoms with Gasteiger partial charge in [0.05, 0.1) is 15.8 Å². The van der Waals surface area contributed by atoms with Gasteiger partial charge in [0.15, 0.2) is 10.8 Å². The van der Waals surface area contributed by atoms with Crippen molar-refractivity contribution in [2.75, 3.05) is 10.7 Å². The number of para-hydroxylation sites is 1. The minimum Gasteiger partial charge on any atom is -0.308 e. The molecule has 1 aliphatic rings. The Hall–Kier alpha value is -1.76. The highest BCUT2D eigenvalue weighted by Gasteiger charge is 2.30. The Kier molecular flexibility index (Phi) is 4.35. The zero-order valence-corrected chi connectivity index (χ0v) is 15.6. The van der Waals surface area contributed by atoms with Gasteiger partial charge in [0, 0.05) is 17.9 Å². The number of amides is 1. The molecule has 0 N–H and O–H groups in total. The maximum absolute atomic E-state index is 12.8. The number of aromatic nitrogens is 3. The average Bonchev–Trinajstić information content (AvgIpc) is 3.12. The van der Waals surface area contributed by atoms with E-state index in [0.717, 1.165) is 12.1 Å². The maximum Gasteiger partial charge on any atom is 0.237 e. The zero-order valence-electron chi connectivity index (χ0n) is 13.3. The average molecular weight is 393 g/mol. The van der Waals surface area contributed by atoms with Gasteiger partial charge in [-0.1, -0.05) is 53.2 Å². The van der Waals surface area contributed by atoms with Crippen molar-refractivity contribution < 1.29 is 4.79 Å². The lowest BCUT2D eigenvalue weighted by atomic mass is 10.1. The third kappa shape index (κ3) is 2.99. The number of nitrogens with zero attached hydrogens (tertiary/aromatic N) is 4. The van der Waals surface area contributed by atoms with Gasteiger partial charge in [-0.05, 0) is 31.0 Å². The molecule has 0 fully saturated rings. The second-order valence-electron chi connectivity index (χ2n) is 5.92. The van der Waals surface area contributed by atoms with Crippen LogP contribution in [0.5, 0.6) is 0 Å². The molecule has 25 heavy (non-hydrogen) atoms. The predicted octanol–water partition coefficient (Wildman–Crippen LogP) is 4.11. The summed E-state index contributed by atoms with van der Waals surface area (Å²) in [5.74, 6) is 0.316. The van der Waals surface area contributed by atoms with Gasteiger partial charge < -0.3 is 4.90 Å². The van der Waals surface area contributed by atoms with Crippen LogP contribution in [0.25, 0.3) is 5.65 Å². The first kappa shape index (κ1) is 16.7. The van der Waals surface area contributed by atoms with Crippen molar-refractivity contribution in [1.29, 1.82) is 0 Å². The number of anilines is 1. The first-order valence-corrected chi connectivity index (χ1v) is 9.51. The molecule has 128 valence electrons. The molecule has 0 saturated heterocycles. The second kappa shape index (κ2) is 6.52. The highest BCUT2D eigenvalue weighted by atomic mass is 35.5. The van der Waals surface area contributed by atoms with Gasteiger partial charge in [-0.25, -0.2) is 0 Å². The summed E-state index contributed by atoms with van der Waals surface area (Å²) in [7, 11) is 0. The van der Waals surface area contributed by atoms with Crippen LogP contribution in [0.1, 0.15) is 12.5 Å². The third-order valence-electron chi connectivity index (χ3n) is 4.20. The molecule has 0 aliphatic carbocycles. The van der Waals surface area contributed by atoms with E-state index in [-0.39, 0.29) is 17.7 Å². The van der Waals surface area contributed by atoms with E-state index in [4.69, 9.17) is 23.2 Å². The Bertz CT molecular complexity index is 974. The number of fused-ring (bicyclic) bond motifs is 2. The summed E-state index contributed by atoms with van der Waals surface area (Å²) in [6.07, 6.45) is 2.58. The van der Waals surface area contributed by atoms with Crippen LogP contribution in [-0.4, -0.2) is 32.3 Å². The van der Waals surface area contributed by atoms with Crippen LogP contribution < -0.4 is 4.90 Å². The molecular formula is C17H14Cl2N4OS. The van der Waals surface area contributed by atoms with Gasteiger partial charge in [-0.3, -0.25) is 9.20 Å². The number of benzene rings is 1. The molecule has 1 amide bonds. The number of pyridine rings is 1. The van der Waals surface area contributed by atoms with Crippen LogP contribution in [-0.2, 0) is 11.2 Å². The van der Waals surface area contributed by atoms with E-state index < -0.39 is 0 Å². The normalized spacial score (nSPS) is 16.4. The van der Waals surface area contributed by atoms with Crippen molar-refractivity contribution in [3.63, 3.8) is 0 Å². The topological polar surface area (TPSA) is 50.5 Å². The van der Waals surface area contributed by atoms with E-state index in [1.54, 1.807) is 16.7 Å². The quantitative estimate of drug-likeness (QED) is 0.629. The molecule has 0 bridgehead atoms. The van der Waals surface area contributed by atoms with Crippen LogP contribution >= 0.6 is 35.0 Å². The van der Waals surface area contributed by atoms with Gasteiger partial charge in [0.25, 0.3) is 0 Å². The van der Waals surface area contributed by atoms with Crippen molar-refractivity contribution in [3.05, 3.63) is 52.1 Å². The Morgan fingerprint density at radius 1 is 1.32 bits per heavy atom. The molecule has 1 unspecified atom stereocenters. The summed E-state index contributed by atoms with van der Waals surface area (Å²) >= 11 is 13.5. The summed E-state index contributed by atoms with van der Waals surface area (Å²) in [6, 6.07) is 9.81. The zero-order chi connectivity index (χ0) is 17.6. The van der Waals surface area contributed by atoms with E-state index in [9.17, 15) is 4.79 Å². The number of thioether (sulfide) groups is 1. The van der Waals surface area contributed by atoms with Gasteiger partial charge >= 0.3 is 0 Å². The maximum atomic E-state index is 12.8. The molecular weight excluding hydrogens is 379 g/mol. The Morgan fingerprint density at radius 3 is 2.96 bits per heavy atom. The minimum absolute atomic E-state index is 0.0484. The van der Waals surface area contributed by atoms with Crippen molar-refractivity contribution in [1.82, 2.24) is 14.6 Å². The first-order chi connectivity index (χ1) is 12.0. The van der Waals surface area contributed by atoms with Gasteiger partial charge in [-0.2, -0.15) is 0 Å². The van der Waals surface area contributed by atoms with Gasteiger partial charge in [-0.15, -0.1) is 10.2 Å². The number of hydrogen-bond donors (Lipinski definition) is 0. The van der Waals surface area contributed by atoms with Crippen LogP contribution in [0.15, 0.2) is 41.7 Å². The van der Waals surface area contributed by atoms with Crippen LogP contribution in [0, 0.1) is 0 Å². The smallest absolute Gasteiger partial charge is 0.237 e. The number of halogens is 2. The molecule has 0 spiro atoms. The van der Waals surface area contributed by atoms with Crippen LogP contribution in [0.3, 0.4) is 0 Å². The fourth-order valence-electron chi connectivity index (χ4n) is 3.14. The molecule has 5 nitrogen and oxygen atoms in total. The fraction of sp³-hybridized carbons (Fsp3) is 0.235. The SMILES string of the molecule is CC1Cc2ccccc2N1C(=O)CSc1nnc2c(Cl)cc(Cl)cn12. The summed E-state index contributed by atoms with van der Waals surface area (Å²) < 4.78 is 1.71. The standard InChI is InChI=1S/C17H14Cl2N4OS/c1-10-6-11-4-2-3-5-14(11)23(10)15(24)9-25-17-21-20-16-13(19)7-12(18)8-22(16)17/h2-5,7-8,10H,6,9H2,1H3. The molecule has 1 atom stereocenters. The van der Waals surface area contributed by atoms with E-state index in [1.165, 1.54) is 17.3 Å². The number of hydrogen-bond acceptors (Lipinski definition) is 4. The second-order valence-corrected chi connectivity index (χ2v) is 7.70. The summed E-state index contributed by atoms with van der Waals surface area (Å²) in [6.45, 7) is 2.06. The molecule has 2 aromatic heterocycles. The van der Waals surface area contributed by atoms with E-state index in [1.807, 2.05) is 23.1 Å². The Morgan fingerprint density at radius 2 is 2.12 bits per heavy atom. The molecule has 8 heteroatoms. The van der Waals surface area contributed by atoms with Crippen molar-refractivity contribution in [3.8, 4) is 0 Å². The Labute approximate surface area is 158 Å². The highest BCUT2D eigenvalue weighted by molar-refractivity contribution is 7.99. The van der Waals surface area contributed by atoms with Gasteiger partial charge in [0.1, 0.15) is 0 Å². The van der Waals surface area contributed by atoms with Gasteiger partial charge in [0.2, 0.25) is 5.91 Å². The van der Waals surface area contributed by atoms with E-state index in [2.05, 4.69) is 23.2 Å². The molecule has 4 rings (SSSR count). The van der Waals surface area contributed by atoms with E-state index >= 15 is 0 Å². The molecule has 3 aromatic rings. The van der Waals surface area contributed by atoms with Crippen molar-refractivity contribution in [2.24, 2.45) is 0 Å². The Balaban J connectivity index is 1.55. The van der Waals surface area contributed by atoms with Crippen LogP contribution in [0.2, 0.25) is 10.0 Å². The number of rotatable bonds is 3. The third-order valence-corrected chi connectivity index (χ3v) is 5.61. The molecule has 1 aromatic carbocycles. The summed E-state index contributed by atoms with van der Waals surface area (Å²) in [4.78, 5) is 14.6. The van der Waals surface area contributed by atoms with Crippen molar-refractivity contribution >= 4 is 52.2 Å². The minimum atomic E-state index is 0.0484. The highest BCUT2D eigenvalue weighted by Crippen LogP contribution is 2.33. The molecule has 1 aliphatic heterocycles. The lowest BCUT2D eigenvalue weighted by molar-refractivity contribution is -0.116. The fourth-order valence-corrected chi connectivity index (χ4v) is 4.42. The number of carbonyl (C=O) groups excluding carboxylic acids is 1. The summed E-state index contributed by atoms with van der Waals surface area (Å²) in [5, 5.41) is 9.70. The lowest BCUT2D eigenvalue weighted by Gasteiger charge is -2.22. The van der Waals surface area contributed by atoms with Crippen molar-refractivity contribution in [2.45, 2.75) is 24.5 Å². The molecule has 0 saturated carbocycles. The van der Waals surface area contributed by atoms with E-state index in [0.29, 0.717) is 20.8 Å². The first-order valence-electron chi connectivity index (χ1n) is 7.77. The monoisotopic (exact) mass is 392 g/mol. The molecule has 0 radical (unpaired) electrons. The summed E-state index contributed by atoms with van der Waals surface area (Å²) in [5.41, 5.74) is 2.73. The van der Waals surface area contributed by atoms with Crippen LogP contribution in [0.4, 0.5) is 5.69 Å².